The van der Waals surface area contributed by atoms with Gasteiger partial charge in [0.15, 0.2) is 5.96 Å². The maximum Gasteiger partial charge on any atom is 0.305 e. The molecular weight excluding hydrogens is 433 g/mol. The van der Waals surface area contributed by atoms with Crippen molar-refractivity contribution in [2.24, 2.45) is 4.99 Å². The molecule has 0 unspecified atom stereocenters. The third kappa shape index (κ3) is 12.5. The lowest BCUT2D eigenvalue weighted by molar-refractivity contribution is -0.143. The van der Waals surface area contributed by atoms with E-state index in [0.717, 1.165) is 31.1 Å². The Hall–Kier alpha value is -1.51. The molecule has 1 rings (SSSR count). The van der Waals surface area contributed by atoms with Gasteiger partial charge in [-0.3, -0.25) is 9.79 Å². The number of guanidine groups is 1. The van der Waals surface area contributed by atoms with Crippen molar-refractivity contribution in [2.75, 3.05) is 32.8 Å². The minimum Gasteiger partial charge on any atom is -0.494 e. The second kappa shape index (κ2) is 16.0. The summed E-state index contributed by atoms with van der Waals surface area (Å²) in [6.45, 7) is 7.06. The van der Waals surface area contributed by atoms with Crippen molar-refractivity contribution in [3.05, 3.63) is 30.3 Å². The van der Waals surface area contributed by atoms with Gasteiger partial charge in [0.05, 0.1) is 13.2 Å². The fourth-order valence-electron chi connectivity index (χ4n) is 1.98. The van der Waals surface area contributed by atoms with Crippen LogP contribution in [0.3, 0.4) is 0 Å². The Bertz CT molecular complexity index is 484. The molecule has 2 N–H and O–H groups in total. The Kier molecular flexibility index (Phi) is 15.0. The van der Waals surface area contributed by atoms with E-state index in [0.29, 0.717) is 32.7 Å². The summed E-state index contributed by atoms with van der Waals surface area (Å²) in [6, 6.07) is 9.76. The number of nitrogens with zero attached hydrogens (tertiary/aromatic N) is 1. The van der Waals surface area contributed by atoms with Crippen LogP contribution < -0.4 is 15.4 Å². The zero-order valence-corrected chi connectivity index (χ0v) is 17.5. The van der Waals surface area contributed by atoms with Crippen LogP contribution in [-0.4, -0.2) is 44.8 Å². The molecule has 0 atom stereocenters. The van der Waals surface area contributed by atoms with Crippen molar-refractivity contribution in [2.45, 2.75) is 33.1 Å². The molecule has 1 aromatic carbocycles. The van der Waals surface area contributed by atoms with Crippen molar-refractivity contribution < 1.29 is 14.3 Å². The van der Waals surface area contributed by atoms with Crippen molar-refractivity contribution in [1.29, 1.82) is 0 Å². The molecule has 1 aromatic rings. The number of benzene rings is 1. The van der Waals surface area contributed by atoms with Crippen molar-refractivity contribution in [1.82, 2.24) is 10.6 Å². The van der Waals surface area contributed by atoms with Crippen LogP contribution in [0.1, 0.15) is 33.1 Å². The van der Waals surface area contributed by atoms with Gasteiger partial charge in [-0.1, -0.05) is 18.2 Å². The summed E-state index contributed by atoms with van der Waals surface area (Å²) in [6.07, 6.45) is 1.99. The number of carbonyl (C=O) groups is 1. The maximum absolute atomic E-state index is 11.3. The summed E-state index contributed by atoms with van der Waals surface area (Å²) in [5, 5.41) is 6.40. The summed E-state index contributed by atoms with van der Waals surface area (Å²) in [5.74, 6) is 1.49. The fourth-order valence-corrected chi connectivity index (χ4v) is 1.98. The van der Waals surface area contributed by atoms with E-state index in [2.05, 4.69) is 15.6 Å². The average molecular weight is 463 g/mol. The summed E-state index contributed by atoms with van der Waals surface area (Å²) < 4.78 is 10.5. The number of rotatable bonds is 11. The quantitative estimate of drug-likeness (QED) is 0.174. The van der Waals surface area contributed by atoms with Crippen molar-refractivity contribution in [3.63, 3.8) is 0 Å². The topological polar surface area (TPSA) is 72.0 Å². The second-order valence-corrected chi connectivity index (χ2v) is 5.11. The van der Waals surface area contributed by atoms with Gasteiger partial charge in [-0.25, -0.2) is 0 Å². The van der Waals surface area contributed by atoms with Gasteiger partial charge in [-0.15, -0.1) is 24.0 Å². The molecule has 0 aliphatic carbocycles. The van der Waals surface area contributed by atoms with Crippen LogP contribution in [0.15, 0.2) is 35.3 Å². The lowest BCUT2D eigenvalue weighted by Crippen LogP contribution is -2.38. The molecule has 0 saturated carbocycles. The first-order valence-corrected chi connectivity index (χ1v) is 8.62. The Balaban J connectivity index is 0.00000576. The van der Waals surface area contributed by atoms with Gasteiger partial charge in [0.1, 0.15) is 5.75 Å². The molecule has 142 valence electrons. The highest BCUT2D eigenvalue weighted by Crippen LogP contribution is 2.08. The Labute approximate surface area is 167 Å². The van der Waals surface area contributed by atoms with Gasteiger partial charge in [-0.05, 0) is 32.4 Å². The maximum atomic E-state index is 11.3. The highest BCUT2D eigenvalue weighted by molar-refractivity contribution is 14.0. The van der Waals surface area contributed by atoms with Gasteiger partial charge >= 0.3 is 5.97 Å². The van der Waals surface area contributed by atoms with Gasteiger partial charge in [0.2, 0.25) is 0 Å². The summed E-state index contributed by atoms with van der Waals surface area (Å²) in [4.78, 5) is 15.8. The van der Waals surface area contributed by atoms with E-state index in [-0.39, 0.29) is 29.9 Å². The lowest BCUT2D eigenvalue weighted by atomic mass is 10.3. The van der Waals surface area contributed by atoms with Gasteiger partial charge in [0.25, 0.3) is 0 Å². The highest BCUT2D eigenvalue weighted by Gasteiger charge is 2.02. The lowest BCUT2D eigenvalue weighted by Gasteiger charge is -2.11. The molecule has 0 aromatic heterocycles. The molecule has 0 aliphatic rings. The van der Waals surface area contributed by atoms with E-state index in [1.54, 1.807) is 0 Å². The van der Waals surface area contributed by atoms with Crippen LogP contribution in [-0.2, 0) is 9.53 Å². The minimum atomic E-state index is -0.153. The number of nitrogens with one attached hydrogen (secondary N) is 2. The first kappa shape index (κ1) is 23.5. The number of hydrogen-bond acceptors (Lipinski definition) is 4. The van der Waals surface area contributed by atoms with E-state index in [9.17, 15) is 4.79 Å². The van der Waals surface area contributed by atoms with Crippen LogP contribution in [0, 0.1) is 0 Å². The number of carbonyl (C=O) groups excluding carboxylic acids is 1. The number of para-hydroxylation sites is 1. The highest BCUT2D eigenvalue weighted by atomic mass is 127. The molecule has 0 saturated heterocycles. The van der Waals surface area contributed by atoms with E-state index in [1.807, 2.05) is 44.2 Å². The molecule has 0 radical (unpaired) electrons. The number of hydrogen-bond donors (Lipinski definition) is 2. The third-order valence-corrected chi connectivity index (χ3v) is 3.08. The largest absolute Gasteiger partial charge is 0.494 e. The smallest absolute Gasteiger partial charge is 0.305 e. The first-order valence-electron chi connectivity index (χ1n) is 8.62. The molecule has 0 fully saturated rings. The van der Waals surface area contributed by atoms with Crippen LogP contribution in [0.5, 0.6) is 5.75 Å². The van der Waals surface area contributed by atoms with Crippen LogP contribution in [0.25, 0.3) is 0 Å². The number of ether oxygens (including phenoxy) is 2. The Morgan fingerprint density at radius 3 is 2.56 bits per heavy atom. The van der Waals surface area contributed by atoms with Gasteiger partial charge in [0, 0.05) is 32.5 Å². The predicted molar refractivity (Wildman–Crippen MR) is 112 cm³/mol. The minimum absolute atomic E-state index is 0. The van der Waals surface area contributed by atoms with E-state index in [1.165, 1.54) is 0 Å². The second-order valence-electron chi connectivity index (χ2n) is 5.11. The standard InChI is InChI=1S/C18H29N3O3.HI/c1-3-19-18(20-13-8-12-17(22)23-4-2)21-14-9-15-24-16-10-6-5-7-11-16;/h5-7,10-11H,3-4,8-9,12-15H2,1-2H3,(H2,19,20,21);1H. The monoisotopic (exact) mass is 463 g/mol. The molecule has 7 heteroatoms. The van der Waals surface area contributed by atoms with Gasteiger partial charge in [-0.2, -0.15) is 0 Å². The zero-order valence-electron chi connectivity index (χ0n) is 15.1. The van der Waals surface area contributed by atoms with Crippen molar-refractivity contribution >= 4 is 35.9 Å². The molecule has 0 bridgehead atoms. The summed E-state index contributed by atoms with van der Waals surface area (Å²) >= 11 is 0. The number of halogens is 1. The van der Waals surface area contributed by atoms with Crippen LogP contribution >= 0.6 is 24.0 Å². The van der Waals surface area contributed by atoms with Gasteiger partial charge < -0.3 is 20.1 Å². The predicted octanol–water partition coefficient (Wildman–Crippen LogP) is 2.97. The Morgan fingerprint density at radius 1 is 1.12 bits per heavy atom. The van der Waals surface area contributed by atoms with E-state index in [4.69, 9.17) is 9.47 Å². The number of aliphatic imine (C=N–C) groups is 1. The van der Waals surface area contributed by atoms with Crippen molar-refractivity contribution in [3.8, 4) is 5.75 Å². The molecule has 0 heterocycles. The van der Waals surface area contributed by atoms with E-state index >= 15 is 0 Å². The summed E-state index contributed by atoms with van der Waals surface area (Å²) in [5.41, 5.74) is 0. The fraction of sp³-hybridized carbons (Fsp3) is 0.556. The molecule has 0 spiro atoms. The molecule has 6 nitrogen and oxygen atoms in total. The zero-order chi connectivity index (χ0) is 17.5. The first-order chi connectivity index (χ1) is 11.8. The average Bonchev–Trinajstić information content (AvgIpc) is 2.59. The van der Waals surface area contributed by atoms with E-state index < -0.39 is 0 Å². The van der Waals surface area contributed by atoms with Crippen LogP contribution in [0.2, 0.25) is 0 Å². The molecular formula is C18H30IN3O3. The van der Waals surface area contributed by atoms with Crippen LogP contribution in [0.4, 0.5) is 0 Å². The normalized spacial score (nSPS) is 10.6. The molecule has 25 heavy (non-hydrogen) atoms. The Morgan fingerprint density at radius 2 is 1.88 bits per heavy atom. The third-order valence-electron chi connectivity index (χ3n) is 3.08. The SMILES string of the molecule is CCNC(=NCCCOc1ccccc1)NCCCC(=O)OCC.I. The molecule has 0 amide bonds. The molecule has 0 aliphatic heterocycles. The number of esters is 1. The summed E-state index contributed by atoms with van der Waals surface area (Å²) in [7, 11) is 0.